The molecule has 0 aromatic heterocycles. The maximum atomic E-state index is 13.1. The Morgan fingerprint density at radius 1 is 1.08 bits per heavy atom. The van der Waals surface area contributed by atoms with Gasteiger partial charge in [-0.3, -0.25) is 14.6 Å². The summed E-state index contributed by atoms with van der Waals surface area (Å²) >= 11 is 12.6. The smallest absolute Gasteiger partial charge is 0.270 e. The van der Waals surface area contributed by atoms with Crippen molar-refractivity contribution in [2.45, 2.75) is 71.0 Å². The molecule has 2 saturated heterocycles. The lowest BCUT2D eigenvalue weighted by Gasteiger charge is -2.35. The van der Waals surface area contributed by atoms with Crippen molar-refractivity contribution in [2.24, 2.45) is 10.7 Å². The molecule has 0 radical (unpaired) electrons. The van der Waals surface area contributed by atoms with Gasteiger partial charge in [0.25, 0.3) is 5.91 Å². The fourth-order valence-corrected chi connectivity index (χ4v) is 6.14. The maximum absolute atomic E-state index is 13.1. The average molecular weight is 536 g/mol. The van der Waals surface area contributed by atoms with E-state index in [-0.39, 0.29) is 36.3 Å². The van der Waals surface area contributed by atoms with Gasteiger partial charge in [-0.15, -0.1) is 0 Å². The third-order valence-corrected chi connectivity index (χ3v) is 8.10. The van der Waals surface area contributed by atoms with Crippen LogP contribution in [0.15, 0.2) is 28.4 Å². The van der Waals surface area contributed by atoms with Gasteiger partial charge in [0.2, 0.25) is 5.91 Å². The number of nitrogens with zero attached hydrogens (tertiary/aromatic N) is 3. The number of hydrogen-bond acceptors (Lipinski definition) is 5. The number of halogens is 2. The minimum atomic E-state index is -0.161. The first kappa shape index (κ1) is 27.0. The largest absolute Gasteiger partial charge is 0.394 e. The van der Waals surface area contributed by atoms with E-state index in [9.17, 15) is 9.59 Å². The highest BCUT2D eigenvalue weighted by atomic mass is 35.5. The lowest BCUT2D eigenvalue weighted by Crippen LogP contribution is -2.49. The van der Waals surface area contributed by atoms with Crippen molar-refractivity contribution in [1.82, 2.24) is 9.80 Å². The van der Waals surface area contributed by atoms with Gasteiger partial charge in [-0.25, -0.2) is 0 Å². The van der Waals surface area contributed by atoms with Gasteiger partial charge in [-0.1, -0.05) is 23.2 Å². The maximum Gasteiger partial charge on any atom is 0.270 e. The third kappa shape index (κ3) is 6.06. The number of nitrogens with two attached hydrogens (primary N) is 1. The van der Waals surface area contributed by atoms with E-state index >= 15 is 0 Å². The molecule has 3 aliphatic rings. The molecular formula is C27H36Cl2N4O3. The number of carbonyl (C=O) groups is 2. The zero-order valence-electron chi connectivity index (χ0n) is 21.4. The van der Waals surface area contributed by atoms with Crippen LogP contribution in [0.3, 0.4) is 0 Å². The van der Waals surface area contributed by atoms with Crippen molar-refractivity contribution in [1.29, 1.82) is 0 Å². The second kappa shape index (κ2) is 11.5. The highest BCUT2D eigenvalue weighted by Gasteiger charge is 2.30. The zero-order chi connectivity index (χ0) is 26.0. The van der Waals surface area contributed by atoms with E-state index in [4.69, 9.17) is 33.7 Å². The number of allylic oxidation sites excluding steroid dienone is 1. The molecule has 3 fully saturated rings. The SMILES string of the molecule is Cc1c(Cl)cc(Cl)cc1C1CCN(C(=O)CN=C2CCC/C2=C(/N)C(=O)N2C[C@@H](C)O[C@@H](C)C2)CC1. The topological polar surface area (TPSA) is 88.2 Å². The molecule has 2 N–H and O–H groups in total. The summed E-state index contributed by atoms with van der Waals surface area (Å²) in [5.41, 5.74) is 10.4. The van der Waals surface area contributed by atoms with Crippen molar-refractivity contribution in [3.05, 3.63) is 44.6 Å². The Morgan fingerprint density at radius 2 is 1.75 bits per heavy atom. The van der Waals surface area contributed by atoms with Crippen LogP contribution in [0.25, 0.3) is 0 Å². The minimum absolute atomic E-state index is 0.00813. The second-order valence-electron chi connectivity index (χ2n) is 10.2. The predicted molar refractivity (Wildman–Crippen MR) is 144 cm³/mol. The Kier molecular flexibility index (Phi) is 8.63. The third-order valence-electron chi connectivity index (χ3n) is 7.49. The monoisotopic (exact) mass is 534 g/mol. The first-order chi connectivity index (χ1) is 17.1. The molecule has 1 aromatic carbocycles. The van der Waals surface area contributed by atoms with Crippen LogP contribution in [-0.2, 0) is 14.3 Å². The van der Waals surface area contributed by atoms with Crippen molar-refractivity contribution >= 4 is 40.7 Å². The number of morpholine rings is 1. The van der Waals surface area contributed by atoms with E-state index in [0.29, 0.717) is 48.6 Å². The van der Waals surface area contributed by atoms with Crippen LogP contribution in [0, 0.1) is 6.92 Å². The lowest BCUT2D eigenvalue weighted by atomic mass is 9.87. The summed E-state index contributed by atoms with van der Waals surface area (Å²) < 4.78 is 5.73. The van der Waals surface area contributed by atoms with E-state index in [2.05, 4.69) is 4.99 Å². The molecule has 2 aliphatic heterocycles. The number of aliphatic imine (C=N–C) groups is 1. The fraction of sp³-hybridized carbons (Fsp3) is 0.593. The van der Waals surface area contributed by atoms with E-state index in [1.807, 2.05) is 31.7 Å². The highest BCUT2D eigenvalue weighted by Crippen LogP contribution is 2.35. The average Bonchev–Trinajstić information content (AvgIpc) is 3.32. The van der Waals surface area contributed by atoms with Crippen LogP contribution in [0.1, 0.15) is 63.0 Å². The van der Waals surface area contributed by atoms with Crippen molar-refractivity contribution < 1.29 is 14.3 Å². The van der Waals surface area contributed by atoms with Crippen LogP contribution >= 0.6 is 23.2 Å². The first-order valence-electron chi connectivity index (χ1n) is 12.8. The molecule has 0 unspecified atom stereocenters. The summed E-state index contributed by atoms with van der Waals surface area (Å²) in [6.45, 7) is 8.42. The molecule has 1 aromatic rings. The molecule has 1 aliphatic carbocycles. The molecule has 2 heterocycles. The number of ether oxygens (including phenoxy) is 1. The van der Waals surface area contributed by atoms with Crippen LogP contribution in [0.5, 0.6) is 0 Å². The summed E-state index contributed by atoms with van der Waals surface area (Å²) in [5, 5.41) is 1.33. The molecule has 0 spiro atoms. The molecule has 2 amide bonds. The van der Waals surface area contributed by atoms with Crippen LogP contribution in [-0.4, -0.2) is 72.3 Å². The minimum Gasteiger partial charge on any atom is -0.394 e. The molecule has 7 nitrogen and oxygen atoms in total. The van der Waals surface area contributed by atoms with E-state index < -0.39 is 0 Å². The highest BCUT2D eigenvalue weighted by molar-refractivity contribution is 6.35. The molecule has 36 heavy (non-hydrogen) atoms. The number of piperidine rings is 1. The number of hydrogen-bond donors (Lipinski definition) is 1. The van der Waals surface area contributed by atoms with Crippen molar-refractivity contribution in [3.8, 4) is 0 Å². The summed E-state index contributed by atoms with van der Waals surface area (Å²) in [7, 11) is 0. The van der Waals surface area contributed by atoms with Gasteiger partial charge in [0.1, 0.15) is 12.2 Å². The van der Waals surface area contributed by atoms with Crippen molar-refractivity contribution in [3.63, 3.8) is 0 Å². The number of benzene rings is 1. The van der Waals surface area contributed by atoms with Gasteiger partial charge in [0.05, 0.1) is 12.2 Å². The fourth-order valence-electron chi connectivity index (χ4n) is 5.63. The van der Waals surface area contributed by atoms with Gasteiger partial charge in [0.15, 0.2) is 0 Å². The van der Waals surface area contributed by atoms with Gasteiger partial charge in [-0.05, 0) is 82.1 Å². The Morgan fingerprint density at radius 3 is 2.42 bits per heavy atom. The molecular weight excluding hydrogens is 499 g/mol. The lowest BCUT2D eigenvalue weighted by molar-refractivity contribution is -0.139. The Hall–Kier alpha value is -2.09. The van der Waals surface area contributed by atoms with Gasteiger partial charge < -0.3 is 20.3 Å². The number of amides is 2. The summed E-state index contributed by atoms with van der Waals surface area (Å²) in [6, 6.07) is 3.77. The number of likely N-dealkylation sites (tertiary alicyclic amines) is 1. The Labute approximate surface area is 223 Å². The van der Waals surface area contributed by atoms with E-state index in [0.717, 1.165) is 42.5 Å². The van der Waals surface area contributed by atoms with Crippen LogP contribution in [0.2, 0.25) is 10.0 Å². The second-order valence-corrected chi connectivity index (χ2v) is 11.1. The summed E-state index contributed by atoms with van der Waals surface area (Å²) in [4.78, 5) is 34.3. The standard InChI is InChI=1S/C27H36Cl2N4O3/c1-16-14-33(15-17(2)36-16)27(35)26(30)21-5-4-6-24(21)31-13-25(34)32-9-7-19(8-10-32)22-11-20(28)12-23(29)18(22)3/h11-12,16-17,19H,4-10,13-15,30H2,1-3H3/b26-21-,31-24?/t16-,17+. The number of carbonyl (C=O) groups excluding carboxylic acids is 2. The molecule has 0 bridgehead atoms. The summed E-state index contributed by atoms with van der Waals surface area (Å²) in [5.74, 6) is 0.178. The molecule has 196 valence electrons. The predicted octanol–water partition coefficient (Wildman–Crippen LogP) is 4.48. The molecule has 2 atom stereocenters. The summed E-state index contributed by atoms with van der Waals surface area (Å²) in [6.07, 6.45) is 4.03. The Bertz CT molecular complexity index is 1070. The van der Waals surface area contributed by atoms with Crippen molar-refractivity contribution in [2.75, 3.05) is 32.7 Å². The van der Waals surface area contributed by atoms with Gasteiger partial charge >= 0.3 is 0 Å². The Balaban J connectivity index is 1.37. The first-order valence-corrected chi connectivity index (χ1v) is 13.6. The normalized spacial score (nSPS) is 26.0. The molecule has 9 heteroatoms. The van der Waals surface area contributed by atoms with E-state index in [1.54, 1.807) is 11.0 Å². The quantitative estimate of drug-likeness (QED) is 0.576. The van der Waals surface area contributed by atoms with Crippen LogP contribution < -0.4 is 5.73 Å². The van der Waals surface area contributed by atoms with Gasteiger partial charge in [-0.2, -0.15) is 0 Å². The van der Waals surface area contributed by atoms with Crippen LogP contribution in [0.4, 0.5) is 0 Å². The molecule has 1 saturated carbocycles. The van der Waals surface area contributed by atoms with E-state index in [1.165, 1.54) is 5.56 Å². The zero-order valence-corrected chi connectivity index (χ0v) is 22.9. The number of rotatable bonds is 4. The van der Waals surface area contributed by atoms with Gasteiger partial charge in [0, 0.05) is 47.5 Å². The molecule has 4 rings (SSSR count).